The summed E-state index contributed by atoms with van der Waals surface area (Å²) in [7, 11) is 0. The van der Waals surface area contributed by atoms with E-state index in [2.05, 4.69) is 48.7 Å². The molecule has 2 aromatic carbocycles. The van der Waals surface area contributed by atoms with Crippen LogP contribution in [0.15, 0.2) is 48.5 Å². The summed E-state index contributed by atoms with van der Waals surface area (Å²) in [5.41, 5.74) is 4.43. The zero-order valence-corrected chi connectivity index (χ0v) is 17.6. The Labute approximate surface area is 173 Å². The Morgan fingerprint density at radius 3 is 2.55 bits per heavy atom. The Balaban J connectivity index is 1.57. The van der Waals surface area contributed by atoms with Crippen molar-refractivity contribution in [3.8, 4) is 0 Å². The number of para-hydroxylation sites is 2. The fourth-order valence-electron chi connectivity index (χ4n) is 4.37. The standard InChI is InChI=1S/C25H31N3O/c1-3-4-5-6-9-16-27-23-11-8-7-10-22(23)26-25(27)20-17-24(29)28(18-20)21-14-12-19(2)13-15-21/h7-8,10-15,20H,3-6,9,16-18H2,1-2H3. The molecule has 0 saturated carbocycles. The molecule has 29 heavy (non-hydrogen) atoms. The summed E-state index contributed by atoms with van der Waals surface area (Å²) in [5.74, 6) is 1.41. The van der Waals surface area contributed by atoms with Crippen LogP contribution < -0.4 is 4.90 Å². The number of aryl methyl sites for hydroxylation is 2. The lowest BCUT2D eigenvalue weighted by molar-refractivity contribution is -0.117. The second-order valence-corrected chi connectivity index (χ2v) is 8.27. The molecular formula is C25H31N3O. The van der Waals surface area contributed by atoms with Gasteiger partial charge < -0.3 is 9.47 Å². The van der Waals surface area contributed by atoms with E-state index in [1.54, 1.807) is 0 Å². The SMILES string of the molecule is CCCCCCCn1c(C2CC(=O)N(c3ccc(C)cc3)C2)nc2ccccc21. The average molecular weight is 390 g/mol. The molecular weight excluding hydrogens is 358 g/mol. The predicted octanol–water partition coefficient (Wildman–Crippen LogP) is 5.84. The van der Waals surface area contributed by atoms with E-state index >= 15 is 0 Å². The fraction of sp³-hybridized carbons (Fsp3) is 0.440. The molecule has 1 aliphatic heterocycles. The van der Waals surface area contributed by atoms with Gasteiger partial charge in [0.25, 0.3) is 0 Å². The second kappa shape index (κ2) is 8.81. The summed E-state index contributed by atoms with van der Waals surface area (Å²) < 4.78 is 2.37. The third kappa shape index (κ3) is 4.21. The third-order valence-corrected chi connectivity index (χ3v) is 6.01. The van der Waals surface area contributed by atoms with Gasteiger partial charge in [0, 0.05) is 31.1 Å². The minimum atomic E-state index is 0.145. The number of fused-ring (bicyclic) bond motifs is 1. The van der Waals surface area contributed by atoms with Gasteiger partial charge in [0.05, 0.1) is 11.0 Å². The molecule has 1 atom stereocenters. The van der Waals surface area contributed by atoms with Gasteiger partial charge in [-0.05, 0) is 37.6 Å². The van der Waals surface area contributed by atoms with Crippen molar-refractivity contribution in [2.75, 3.05) is 11.4 Å². The largest absolute Gasteiger partial charge is 0.328 e. The monoisotopic (exact) mass is 389 g/mol. The minimum Gasteiger partial charge on any atom is -0.328 e. The van der Waals surface area contributed by atoms with Crippen LogP contribution in [0, 0.1) is 6.92 Å². The molecule has 0 N–H and O–H groups in total. The number of rotatable bonds is 8. The van der Waals surface area contributed by atoms with Gasteiger partial charge in [-0.15, -0.1) is 0 Å². The molecule has 4 nitrogen and oxygen atoms in total. The fourth-order valence-corrected chi connectivity index (χ4v) is 4.37. The molecule has 1 unspecified atom stereocenters. The van der Waals surface area contributed by atoms with E-state index in [0.717, 1.165) is 30.0 Å². The van der Waals surface area contributed by atoms with Crippen molar-refractivity contribution in [2.45, 2.75) is 64.8 Å². The van der Waals surface area contributed by atoms with Crippen molar-refractivity contribution in [2.24, 2.45) is 0 Å². The molecule has 2 heterocycles. The summed E-state index contributed by atoms with van der Waals surface area (Å²) in [5, 5.41) is 0. The quantitative estimate of drug-likeness (QED) is 0.454. The maximum Gasteiger partial charge on any atom is 0.227 e. The number of aromatic nitrogens is 2. The first-order valence-electron chi connectivity index (χ1n) is 11.0. The summed E-state index contributed by atoms with van der Waals surface area (Å²) >= 11 is 0. The number of hydrogen-bond donors (Lipinski definition) is 0. The van der Waals surface area contributed by atoms with Crippen LogP contribution in [-0.2, 0) is 11.3 Å². The van der Waals surface area contributed by atoms with Crippen LogP contribution in [0.2, 0.25) is 0 Å². The van der Waals surface area contributed by atoms with Crippen molar-refractivity contribution in [3.63, 3.8) is 0 Å². The zero-order chi connectivity index (χ0) is 20.2. The van der Waals surface area contributed by atoms with Crippen LogP contribution in [0.4, 0.5) is 5.69 Å². The lowest BCUT2D eigenvalue weighted by Gasteiger charge is -2.17. The van der Waals surface area contributed by atoms with Gasteiger partial charge in [0.1, 0.15) is 5.82 Å². The lowest BCUT2D eigenvalue weighted by atomic mass is 10.1. The second-order valence-electron chi connectivity index (χ2n) is 8.27. The van der Waals surface area contributed by atoms with Crippen molar-refractivity contribution in [3.05, 3.63) is 59.9 Å². The molecule has 4 rings (SSSR count). The average Bonchev–Trinajstić information content (AvgIpc) is 3.29. The van der Waals surface area contributed by atoms with Crippen LogP contribution >= 0.6 is 0 Å². The molecule has 1 aromatic heterocycles. The first-order chi connectivity index (χ1) is 14.2. The number of benzene rings is 2. The third-order valence-electron chi connectivity index (χ3n) is 6.01. The maximum atomic E-state index is 12.8. The van der Waals surface area contributed by atoms with Gasteiger partial charge in [0.2, 0.25) is 5.91 Å². The molecule has 3 aromatic rings. The van der Waals surface area contributed by atoms with E-state index in [1.165, 1.54) is 36.8 Å². The smallest absolute Gasteiger partial charge is 0.227 e. The zero-order valence-electron chi connectivity index (χ0n) is 17.6. The number of unbranched alkanes of at least 4 members (excludes halogenated alkanes) is 4. The van der Waals surface area contributed by atoms with E-state index in [1.807, 2.05) is 23.1 Å². The molecule has 1 aliphatic rings. The number of carbonyl (C=O) groups excluding carboxylic acids is 1. The number of carbonyl (C=O) groups is 1. The minimum absolute atomic E-state index is 0.145. The molecule has 4 heteroatoms. The number of nitrogens with zero attached hydrogens (tertiary/aromatic N) is 3. The molecule has 1 amide bonds. The molecule has 0 radical (unpaired) electrons. The molecule has 0 spiro atoms. The molecule has 152 valence electrons. The highest BCUT2D eigenvalue weighted by Gasteiger charge is 2.34. The summed E-state index contributed by atoms with van der Waals surface area (Å²) in [4.78, 5) is 19.7. The predicted molar refractivity (Wildman–Crippen MR) is 119 cm³/mol. The van der Waals surface area contributed by atoms with Gasteiger partial charge >= 0.3 is 0 Å². The first-order valence-corrected chi connectivity index (χ1v) is 11.0. The van der Waals surface area contributed by atoms with Gasteiger partial charge in [-0.3, -0.25) is 4.79 Å². The number of imidazole rings is 1. The van der Waals surface area contributed by atoms with Gasteiger partial charge in [-0.2, -0.15) is 0 Å². The molecule has 1 saturated heterocycles. The molecule has 0 aliphatic carbocycles. The van der Waals surface area contributed by atoms with Crippen LogP contribution in [-0.4, -0.2) is 22.0 Å². The maximum absolute atomic E-state index is 12.8. The van der Waals surface area contributed by atoms with Crippen LogP contribution in [0.5, 0.6) is 0 Å². The highest BCUT2D eigenvalue weighted by molar-refractivity contribution is 5.96. The topological polar surface area (TPSA) is 38.1 Å². The Hall–Kier alpha value is -2.62. The van der Waals surface area contributed by atoms with Crippen molar-refractivity contribution < 1.29 is 4.79 Å². The van der Waals surface area contributed by atoms with Crippen LogP contribution in [0.1, 0.15) is 62.8 Å². The highest BCUT2D eigenvalue weighted by atomic mass is 16.2. The normalized spacial score (nSPS) is 16.8. The van der Waals surface area contributed by atoms with E-state index in [-0.39, 0.29) is 11.8 Å². The van der Waals surface area contributed by atoms with E-state index in [4.69, 9.17) is 4.98 Å². The van der Waals surface area contributed by atoms with E-state index in [0.29, 0.717) is 13.0 Å². The van der Waals surface area contributed by atoms with E-state index < -0.39 is 0 Å². The molecule has 0 bridgehead atoms. The molecule has 1 fully saturated rings. The number of amides is 1. The Morgan fingerprint density at radius 1 is 1.00 bits per heavy atom. The Kier molecular flexibility index (Phi) is 5.98. The Morgan fingerprint density at radius 2 is 1.76 bits per heavy atom. The van der Waals surface area contributed by atoms with Gasteiger partial charge in [-0.1, -0.05) is 62.4 Å². The van der Waals surface area contributed by atoms with Crippen molar-refractivity contribution in [1.29, 1.82) is 0 Å². The first kappa shape index (κ1) is 19.7. The van der Waals surface area contributed by atoms with Gasteiger partial charge in [0.15, 0.2) is 0 Å². The van der Waals surface area contributed by atoms with Crippen LogP contribution in [0.25, 0.3) is 11.0 Å². The van der Waals surface area contributed by atoms with Crippen LogP contribution in [0.3, 0.4) is 0 Å². The number of hydrogen-bond acceptors (Lipinski definition) is 2. The summed E-state index contributed by atoms with van der Waals surface area (Å²) in [6, 6.07) is 16.6. The van der Waals surface area contributed by atoms with E-state index in [9.17, 15) is 4.79 Å². The van der Waals surface area contributed by atoms with Gasteiger partial charge in [-0.25, -0.2) is 4.98 Å². The summed E-state index contributed by atoms with van der Waals surface area (Å²) in [6.45, 7) is 6.01. The number of anilines is 1. The van der Waals surface area contributed by atoms with Crippen molar-refractivity contribution >= 4 is 22.6 Å². The van der Waals surface area contributed by atoms with Crippen molar-refractivity contribution in [1.82, 2.24) is 9.55 Å². The summed E-state index contributed by atoms with van der Waals surface area (Å²) in [6.07, 6.45) is 6.81. The Bertz CT molecular complexity index is 973. The highest BCUT2D eigenvalue weighted by Crippen LogP contribution is 2.33. The lowest BCUT2D eigenvalue weighted by Crippen LogP contribution is -2.24.